The van der Waals surface area contributed by atoms with Crippen molar-refractivity contribution in [3.05, 3.63) is 11.6 Å². The molecule has 0 amide bonds. The normalized spacial score (nSPS) is 26.1. The number of halogens is 1. The first-order valence-corrected chi connectivity index (χ1v) is 5.57. The van der Waals surface area contributed by atoms with Gasteiger partial charge in [-0.2, -0.15) is 0 Å². The second kappa shape index (κ2) is 5.31. The third-order valence-electron chi connectivity index (χ3n) is 2.76. The summed E-state index contributed by atoms with van der Waals surface area (Å²) in [6, 6.07) is 0. The number of carbonyl (C=O) groups is 2. The first-order valence-electron chi connectivity index (χ1n) is 5.13. The van der Waals surface area contributed by atoms with Crippen LogP contribution in [0.25, 0.3) is 0 Å². The van der Waals surface area contributed by atoms with Crippen LogP contribution in [0.4, 0.5) is 0 Å². The number of esters is 1. The number of hydrogen-bond donors (Lipinski definition) is 0. The Morgan fingerprint density at radius 3 is 2.87 bits per heavy atom. The summed E-state index contributed by atoms with van der Waals surface area (Å²) in [6.45, 7) is 2.04. The van der Waals surface area contributed by atoms with E-state index < -0.39 is 11.4 Å². The lowest BCUT2D eigenvalue weighted by atomic mass is 9.82. The van der Waals surface area contributed by atoms with Crippen molar-refractivity contribution in [1.29, 1.82) is 0 Å². The summed E-state index contributed by atoms with van der Waals surface area (Å²) in [5.74, 6) is -0.419. The molecule has 0 aromatic rings. The minimum atomic E-state index is -0.957. The fourth-order valence-electron chi connectivity index (χ4n) is 1.96. The Morgan fingerprint density at radius 1 is 1.67 bits per heavy atom. The van der Waals surface area contributed by atoms with Crippen molar-refractivity contribution in [2.45, 2.75) is 32.6 Å². The molecule has 4 heteroatoms. The average Bonchev–Trinajstić information content (AvgIpc) is 2.58. The smallest absolute Gasteiger partial charge is 0.319 e. The molecule has 0 aromatic carbocycles. The minimum absolute atomic E-state index is 0.0179. The molecule has 1 aliphatic carbocycles. The largest absolute Gasteiger partial charge is 0.465 e. The van der Waals surface area contributed by atoms with E-state index in [-0.39, 0.29) is 5.78 Å². The van der Waals surface area contributed by atoms with Crippen molar-refractivity contribution in [1.82, 2.24) is 0 Å². The average molecular weight is 231 g/mol. The molecule has 0 spiro atoms. The Balaban J connectivity index is 2.85. The maximum Gasteiger partial charge on any atom is 0.319 e. The van der Waals surface area contributed by atoms with Crippen LogP contribution in [0.15, 0.2) is 11.6 Å². The van der Waals surface area contributed by atoms with Crippen LogP contribution in [-0.4, -0.2) is 18.4 Å². The summed E-state index contributed by atoms with van der Waals surface area (Å²) >= 11 is 5.43. The summed E-state index contributed by atoms with van der Waals surface area (Å²) in [6.07, 6.45) is 3.80. The van der Waals surface area contributed by atoms with Gasteiger partial charge in [-0.1, -0.05) is 17.7 Å². The van der Waals surface area contributed by atoms with Crippen molar-refractivity contribution in [3.63, 3.8) is 0 Å². The molecule has 0 N–H and O–H groups in total. The van der Waals surface area contributed by atoms with E-state index in [2.05, 4.69) is 0 Å². The number of ketones is 1. The number of allylic oxidation sites excluding steroid dienone is 1. The monoisotopic (exact) mass is 230 g/mol. The number of carbonyl (C=O) groups excluding carboxylic acids is 2. The molecular weight excluding hydrogens is 216 g/mol. The van der Waals surface area contributed by atoms with Gasteiger partial charge in [-0.3, -0.25) is 9.59 Å². The van der Waals surface area contributed by atoms with E-state index in [1.165, 1.54) is 5.54 Å². The highest BCUT2D eigenvalue weighted by Crippen LogP contribution is 2.39. The molecule has 0 saturated heterocycles. The Labute approximate surface area is 94.4 Å². The number of rotatable bonds is 4. The maximum absolute atomic E-state index is 11.8. The second-order valence-electron chi connectivity index (χ2n) is 3.65. The third-order valence-corrected chi connectivity index (χ3v) is 2.94. The van der Waals surface area contributed by atoms with Crippen molar-refractivity contribution in [3.8, 4) is 0 Å². The number of Topliss-reactive ketones (excluding diaryl/α,β-unsaturated/α-hetero) is 1. The fourth-order valence-corrected chi connectivity index (χ4v) is 2.05. The van der Waals surface area contributed by atoms with Crippen LogP contribution in [-0.2, 0) is 14.3 Å². The van der Waals surface area contributed by atoms with Gasteiger partial charge in [-0.05, 0) is 26.2 Å². The zero-order valence-corrected chi connectivity index (χ0v) is 9.55. The third kappa shape index (κ3) is 2.40. The lowest BCUT2D eigenvalue weighted by Gasteiger charge is -2.23. The van der Waals surface area contributed by atoms with Crippen molar-refractivity contribution < 1.29 is 14.3 Å². The lowest BCUT2D eigenvalue weighted by Crippen LogP contribution is -2.36. The molecule has 0 aliphatic heterocycles. The van der Waals surface area contributed by atoms with Gasteiger partial charge in [-0.15, -0.1) is 0 Å². The van der Waals surface area contributed by atoms with Crippen LogP contribution < -0.4 is 0 Å². The van der Waals surface area contributed by atoms with E-state index in [1.807, 2.05) is 0 Å². The van der Waals surface area contributed by atoms with E-state index in [0.717, 1.165) is 6.42 Å². The van der Waals surface area contributed by atoms with Gasteiger partial charge in [0.2, 0.25) is 0 Å². The molecule has 1 aliphatic rings. The van der Waals surface area contributed by atoms with Gasteiger partial charge in [0.05, 0.1) is 6.61 Å². The highest BCUT2D eigenvalue weighted by atomic mass is 35.5. The Kier molecular flexibility index (Phi) is 4.33. The molecule has 1 unspecified atom stereocenters. The number of ether oxygens (including phenoxy) is 1. The SMILES string of the molecule is CCOC(=O)C1(CC=CCl)CCCC1=O. The van der Waals surface area contributed by atoms with Crippen molar-refractivity contribution >= 4 is 23.4 Å². The Bertz CT molecular complexity index is 286. The predicted molar refractivity (Wildman–Crippen MR) is 57.5 cm³/mol. The van der Waals surface area contributed by atoms with Gasteiger partial charge in [-0.25, -0.2) is 0 Å². The molecular formula is C11H15ClO3. The highest BCUT2D eigenvalue weighted by Gasteiger charge is 2.48. The lowest BCUT2D eigenvalue weighted by molar-refractivity contribution is -0.158. The first kappa shape index (κ1) is 12.2. The van der Waals surface area contributed by atoms with Gasteiger partial charge >= 0.3 is 5.97 Å². The summed E-state index contributed by atoms with van der Waals surface area (Å²) < 4.78 is 4.96. The molecule has 0 bridgehead atoms. The van der Waals surface area contributed by atoms with Crippen molar-refractivity contribution in [2.24, 2.45) is 5.41 Å². The Hall–Kier alpha value is -0.830. The van der Waals surface area contributed by atoms with Crippen LogP contribution in [0.2, 0.25) is 0 Å². The molecule has 84 valence electrons. The zero-order valence-electron chi connectivity index (χ0n) is 8.79. The van der Waals surface area contributed by atoms with Crippen LogP contribution in [0.5, 0.6) is 0 Å². The minimum Gasteiger partial charge on any atom is -0.465 e. The topological polar surface area (TPSA) is 43.4 Å². The zero-order chi connectivity index (χ0) is 11.3. The molecule has 1 atom stereocenters. The van der Waals surface area contributed by atoms with Gasteiger partial charge in [0.25, 0.3) is 0 Å². The predicted octanol–water partition coefficient (Wildman–Crippen LogP) is 2.43. The first-order chi connectivity index (χ1) is 7.17. The van der Waals surface area contributed by atoms with E-state index >= 15 is 0 Å². The highest BCUT2D eigenvalue weighted by molar-refractivity contribution is 6.25. The standard InChI is InChI=1S/C11H15ClO3/c1-2-15-10(14)11(7-4-8-12)6-3-5-9(11)13/h4,8H,2-3,5-7H2,1H3. The fraction of sp³-hybridized carbons (Fsp3) is 0.636. The molecule has 1 fully saturated rings. The molecule has 0 heterocycles. The van der Waals surface area contributed by atoms with Gasteiger partial charge in [0.1, 0.15) is 5.41 Å². The second-order valence-corrected chi connectivity index (χ2v) is 3.90. The summed E-state index contributed by atoms with van der Waals surface area (Å²) in [4.78, 5) is 23.5. The van der Waals surface area contributed by atoms with Gasteiger partial charge in [0, 0.05) is 12.0 Å². The summed E-state index contributed by atoms with van der Waals surface area (Å²) in [5, 5.41) is 0. The summed E-state index contributed by atoms with van der Waals surface area (Å²) in [7, 11) is 0. The molecule has 15 heavy (non-hydrogen) atoms. The van der Waals surface area contributed by atoms with E-state index in [0.29, 0.717) is 25.9 Å². The van der Waals surface area contributed by atoms with Crippen molar-refractivity contribution in [2.75, 3.05) is 6.61 Å². The maximum atomic E-state index is 11.8. The summed E-state index contributed by atoms with van der Waals surface area (Å²) in [5.41, 5.74) is 0.383. The number of hydrogen-bond acceptors (Lipinski definition) is 3. The molecule has 0 aromatic heterocycles. The Morgan fingerprint density at radius 2 is 2.40 bits per heavy atom. The van der Waals surface area contributed by atoms with Gasteiger partial charge in [0.15, 0.2) is 5.78 Å². The molecule has 1 rings (SSSR count). The van der Waals surface area contributed by atoms with E-state index in [9.17, 15) is 9.59 Å². The molecule has 0 radical (unpaired) electrons. The quantitative estimate of drug-likeness (QED) is 0.550. The van der Waals surface area contributed by atoms with E-state index in [4.69, 9.17) is 16.3 Å². The van der Waals surface area contributed by atoms with Crippen LogP contribution in [0, 0.1) is 5.41 Å². The van der Waals surface area contributed by atoms with Gasteiger partial charge < -0.3 is 4.74 Å². The van der Waals surface area contributed by atoms with Crippen LogP contribution in [0.1, 0.15) is 32.6 Å². The van der Waals surface area contributed by atoms with Crippen LogP contribution in [0.3, 0.4) is 0 Å². The van der Waals surface area contributed by atoms with Crippen LogP contribution >= 0.6 is 11.6 Å². The van der Waals surface area contributed by atoms with E-state index in [1.54, 1.807) is 13.0 Å². The molecule has 3 nitrogen and oxygen atoms in total. The molecule has 1 saturated carbocycles.